The smallest absolute Gasteiger partial charge is 0.542 e. The number of carbonyl (C=O) groups excluding carboxylic acids is 4. The van der Waals surface area contributed by atoms with Gasteiger partial charge in [0.05, 0.1) is 38.4 Å². The van der Waals surface area contributed by atoms with Gasteiger partial charge in [-0.15, -0.1) is 0 Å². The van der Waals surface area contributed by atoms with E-state index in [0.29, 0.717) is 48.3 Å². The predicted molar refractivity (Wildman–Crippen MR) is 190 cm³/mol. The fourth-order valence-corrected chi connectivity index (χ4v) is 6.46. The first-order chi connectivity index (χ1) is 29.3. The van der Waals surface area contributed by atoms with Crippen molar-refractivity contribution in [2.75, 3.05) is 33.3 Å². The number of rotatable bonds is 11. The van der Waals surface area contributed by atoms with Gasteiger partial charge < -0.3 is 51.2 Å². The Morgan fingerprint density at radius 1 is 0.823 bits per heavy atom. The fraction of sp³-hybridized carbons (Fsp3) is 0.394. The molecular weight excluding hydrogens is 965 g/mol. The number of ether oxygens (including phenoxy) is 1. The van der Waals surface area contributed by atoms with E-state index in [2.05, 4.69) is 69.5 Å². The number of halogens is 6. The number of hydroxylamine groups is 4. The summed E-state index contributed by atoms with van der Waals surface area (Å²) in [4.78, 5) is 78.7. The van der Waals surface area contributed by atoms with E-state index < -0.39 is 73.7 Å². The third-order valence-electron chi connectivity index (χ3n) is 8.61. The summed E-state index contributed by atoms with van der Waals surface area (Å²) in [5.74, 6) is -5.51. The molecule has 2 atom stereocenters. The number of carbonyl (C=O) groups is 4. The Hall–Kier alpha value is -5.70. The number of fused-ring (bicyclic) bond motifs is 4. The zero-order chi connectivity index (χ0) is 45.5. The van der Waals surface area contributed by atoms with E-state index in [1.807, 2.05) is 0 Å². The van der Waals surface area contributed by atoms with Gasteiger partial charge in [0, 0.05) is 24.2 Å². The van der Waals surface area contributed by atoms with Crippen LogP contribution in [0, 0.1) is 13.8 Å². The molecule has 0 saturated carbocycles. The third-order valence-corrected chi connectivity index (χ3v) is 9.30. The Bertz CT molecular complexity index is 2410. The second-order valence-electron chi connectivity index (χ2n) is 12.3. The normalized spacial score (nSPS) is 18.0. The Balaban J connectivity index is 0.000000223. The van der Waals surface area contributed by atoms with E-state index in [4.69, 9.17) is 5.89 Å². The van der Waals surface area contributed by atoms with Crippen LogP contribution in [0.2, 0.25) is 0 Å². The number of aromatic nitrogens is 2. The molecule has 4 aromatic heterocycles. The number of esters is 1. The third kappa shape index (κ3) is 10.8. The van der Waals surface area contributed by atoms with Crippen LogP contribution in [0.25, 0.3) is 11.1 Å². The largest absolute Gasteiger partial charge is 1.00 e. The van der Waals surface area contributed by atoms with Gasteiger partial charge in [0.15, 0.2) is 23.9 Å². The maximum Gasteiger partial charge on any atom is 1.00 e. The number of carboxylic acids is 1. The van der Waals surface area contributed by atoms with Crippen LogP contribution in [-0.4, -0.2) is 112 Å². The molecule has 8 heterocycles. The first-order valence-corrected chi connectivity index (χ1v) is 18.3. The molecule has 62 heavy (non-hydrogen) atoms. The zero-order valence-corrected chi connectivity index (χ0v) is 34.2. The monoisotopic (exact) mass is 995 g/mol. The van der Waals surface area contributed by atoms with Crippen LogP contribution in [-0.2, 0) is 35.0 Å². The van der Waals surface area contributed by atoms with Gasteiger partial charge in [-0.05, 0) is 25.0 Å². The maximum absolute atomic E-state index is 14.3. The molecule has 0 spiro atoms. The Kier molecular flexibility index (Phi) is 15.6. The average molecular weight is 995 g/mol. The molecule has 0 N–H and O–H groups in total. The van der Waals surface area contributed by atoms with Crippen LogP contribution in [0.4, 0.5) is 31.5 Å². The van der Waals surface area contributed by atoms with Crippen LogP contribution in [0.1, 0.15) is 35.5 Å². The summed E-state index contributed by atoms with van der Waals surface area (Å²) in [5, 5.41) is 18.2. The molecule has 4 aromatic rings. The number of hydrogen-bond donors (Lipinski definition) is 0. The molecule has 29 heteroatoms. The SMILES string of the molecule is Cc1oc(=O)oc1CI.Cc1oc(=O)oc1COC(=O)C(F)(F)ON1C(=O)N2CC=C(c3cnoc3)C1C2.O=C1N2CC=C(c3cnoc3)C(C2)N1OC(F)(F)C(=O)[O-].[2H]CF.[Li+]. The van der Waals surface area contributed by atoms with Crippen molar-refractivity contribution in [2.45, 2.75) is 49.2 Å². The average Bonchev–Trinajstić information content (AvgIpc) is 4.10. The number of nitrogens with zero attached hydrogens (tertiary/aromatic N) is 6. The first-order valence-electron chi connectivity index (χ1n) is 17.5. The fourth-order valence-electron chi connectivity index (χ4n) is 5.77. The van der Waals surface area contributed by atoms with Crippen molar-refractivity contribution < 1.29 is 108 Å². The van der Waals surface area contributed by atoms with Crippen LogP contribution in [0.5, 0.6) is 0 Å². The van der Waals surface area contributed by atoms with Crippen LogP contribution in [0.15, 0.2) is 73.4 Å². The molecule has 22 nitrogen and oxygen atoms in total. The van der Waals surface area contributed by atoms with Crippen LogP contribution in [0.3, 0.4) is 0 Å². The zero-order valence-electron chi connectivity index (χ0n) is 33.1. The number of urea groups is 2. The summed E-state index contributed by atoms with van der Waals surface area (Å²) >= 11 is 2.10. The van der Waals surface area contributed by atoms with Gasteiger partial charge in [-0.3, -0.25) is 4.39 Å². The molecule has 2 fully saturated rings. The van der Waals surface area contributed by atoms with E-state index in [9.17, 15) is 55.8 Å². The van der Waals surface area contributed by atoms with Crippen molar-refractivity contribution in [3.63, 3.8) is 0 Å². The van der Waals surface area contributed by atoms with Crippen molar-refractivity contribution in [3.05, 3.63) is 92.5 Å². The quantitative estimate of drug-likeness (QED) is 0.0620. The van der Waals surface area contributed by atoms with E-state index in [0.717, 1.165) is 0 Å². The summed E-state index contributed by atoms with van der Waals surface area (Å²) < 4.78 is 103. The van der Waals surface area contributed by atoms with Crippen LogP contribution >= 0.6 is 22.6 Å². The first kappa shape index (κ1) is 47.3. The van der Waals surface area contributed by atoms with Gasteiger partial charge in [0.1, 0.15) is 36.3 Å². The van der Waals surface area contributed by atoms with Crippen molar-refractivity contribution in [2.24, 2.45) is 0 Å². The second-order valence-corrected chi connectivity index (χ2v) is 13.0. The standard InChI is InChI=1S/C16H13F2N3O8.C11H9F2N3O5.C5H5IO3.CH3F.Li/c1-8-12(28-15(24)27-8)7-25-13(22)16(17,18)29-21-11-5-20(14(21)23)3-2-10(11)9-4-19-26-6-9;12-11(13,9(17)18)21-16-8-4-15(10(16)19)2-1-7(8)6-3-14-20-5-6;1-3-4(2-6)9-5(7)8-3;1-2;/h2,4,6,11H,3,5,7H2,1H3;1,3,5,8H,2,4H2,(H,17,18);2H2,1H3;1H3;/q;;;;+1/p-1/i;;;1D;. The molecule has 330 valence electrons. The summed E-state index contributed by atoms with van der Waals surface area (Å²) in [5.41, 5.74) is 1.98. The molecule has 0 aliphatic carbocycles. The van der Waals surface area contributed by atoms with Crippen molar-refractivity contribution in [3.8, 4) is 0 Å². The number of hydrogen-bond acceptors (Lipinski definition) is 18. The summed E-state index contributed by atoms with van der Waals surface area (Å²) in [7, 11) is -1.00. The molecule has 0 aromatic carbocycles. The molecule has 4 amide bonds. The Labute approximate surface area is 369 Å². The number of carboxylic acid groups (broad SMARTS) is 1. The molecule has 4 bridgehead atoms. The van der Waals surface area contributed by atoms with E-state index in [1.165, 1.54) is 41.6 Å². The van der Waals surface area contributed by atoms with Gasteiger partial charge in [0.25, 0.3) is 0 Å². The van der Waals surface area contributed by atoms with Gasteiger partial charge >= 0.3 is 60.8 Å². The van der Waals surface area contributed by atoms with E-state index in [1.54, 1.807) is 19.1 Å². The van der Waals surface area contributed by atoms with Crippen molar-refractivity contribution in [1.29, 1.82) is 0 Å². The molecule has 2 unspecified atom stereocenters. The molecule has 0 radical (unpaired) electrons. The van der Waals surface area contributed by atoms with Gasteiger partial charge in [-0.2, -0.15) is 37.4 Å². The molecular formula is C33H29F5ILiN6O16. The number of alkyl halides is 6. The molecule has 2 saturated heterocycles. The summed E-state index contributed by atoms with van der Waals surface area (Å²) in [6, 6.07) is -3.45. The predicted octanol–water partition coefficient (Wildman–Crippen LogP) is -0.182. The minimum Gasteiger partial charge on any atom is -0.542 e. The molecule has 8 rings (SSSR count). The summed E-state index contributed by atoms with van der Waals surface area (Å²) in [6.07, 6.45) is -0.467. The topological polar surface area (TPSA) is 271 Å². The van der Waals surface area contributed by atoms with Crippen molar-refractivity contribution >= 4 is 57.7 Å². The number of amides is 4. The second kappa shape index (κ2) is 20.4. The minimum atomic E-state index is -4.60. The van der Waals surface area contributed by atoms with Crippen molar-refractivity contribution in [1.82, 2.24) is 30.2 Å². The molecule has 4 aliphatic heterocycles. The van der Waals surface area contributed by atoms with Gasteiger partial charge in [-0.1, -0.05) is 45.1 Å². The van der Waals surface area contributed by atoms with E-state index in [-0.39, 0.29) is 56.6 Å². The Morgan fingerprint density at radius 3 is 1.61 bits per heavy atom. The Morgan fingerprint density at radius 2 is 1.26 bits per heavy atom. The number of aryl methyl sites for hydroxylation is 2. The number of aliphatic carboxylic acids is 1. The van der Waals surface area contributed by atoms with Gasteiger partial charge in [0.2, 0.25) is 0 Å². The van der Waals surface area contributed by atoms with Gasteiger partial charge in [-0.25, -0.2) is 24.0 Å². The summed E-state index contributed by atoms with van der Waals surface area (Å²) in [6.45, 7) is 2.80. The molecule has 4 aliphatic rings. The minimum absolute atomic E-state index is 0. The van der Waals surface area contributed by atoms with E-state index >= 15 is 0 Å². The maximum atomic E-state index is 14.3. The van der Waals surface area contributed by atoms with Crippen LogP contribution < -0.4 is 35.6 Å².